The largest absolute Gasteiger partial charge is 0.369 e. The van der Waals surface area contributed by atoms with Gasteiger partial charge < -0.3 is 9.47 Å². The summed E-state index contributed by atoms with van der Waals surface area (Å²) in [7, 11) is 3.84. The lowest BCUT2D eigenvalue weighted by atomic mass is 10.3. The van der Waals surface area contributed by atoms with Crippen LogP contribution in [0.3, 0.4) is 0 Å². The van der Waals surface area contributed by atoms with Gasteiger partial charge >= 0.3 is 0 Å². The Morgan fingerprint density at radius 3 is 2.79 bits per heavy atom. The lowest BCUT2D eigenvalue weighted by Crippen LogP contribution is -2.07. The summed E-state index contributed by atoms with van der Waals surface area (Å²) in [6.45, 7) is 4.17. The van der Waals surface area contributed by atoms with Gasteiger partial charge in [-0.2, -0.15) is 0 Å². The minimum atomic E-state index is 0.292. The molecule has 0 saturated heterocycles. The molecule has 0 fully saturated rings. The van der Waals surface area contributed by atoms with Crippen LogP contribution in [0.1, 0.15) is 19.9 Å². The Labute approximate surface area is 112 Å². The van der Waals surface area contributed by atoms with Crippen molar-refractivity contribution in [3.63, 3.8) is 0 Å². The van der Waals surface area contributed by atoms with Gasteiger partial charge in [-0.25, -0.2) is 9.98 Å². The Kier molecular flexibility index (Phi) is 3.89. The maximum atomic E-state index is 4.48. The van der Waals surface area contributed by atoms with Gasteiger partial charge in [-0.05, 0) is 26.0 Å². The van der Waals surface area contributed by atoms with Crippen LogP contribution in [0.5, 0.6) is 0 Å². The van der Waals surface area contributed by atoms with Crippen molar-refractivity contribution in [3.8, 4) is 11.5 Å². The molecular weight excluding hydrogens is 240 g/mol. The van der Waals surface area contributed by atoms with Crippen LogP contribution in [0.25, 0.3) is 11.5 Å². The quantitative estimate of drug-likeness (QED) is 0.622. The van der Waals surface area contributed by atoms with Crippen LogP contribution in [0.2, 0.25) is 0 Å². The average molecular weight is 258 g/mol. The highest BCUT2D eigenvalue weighted by atomic mass is 15.3. The first-order valence-corrected chi connectivity index (χ1v) is 6.15. The van der Waals surface area contributed by atoms with E-state index < -0.39 is 0 Å². The highest BCUT2D eigenvalue weighted by Crippen LogP contribution is 2.20. The first-order chi connectivity index (χ1) is 9.08. The van der Waals surface area contributed by atoms with E-state index in [-0.39, 0.29) is 0 Å². The van der Waals surface area contributed by atoms with E-state index >= 15 is 0 Å². The molecule has 0 aliphatic rings. The smallest absolute Gasteiger partial charge is 0.182 e. The normalized spacial score (nSPS) is 11.4. The molecule has 0 spiro atoms. The summed E-state index contributed by atoms with van der Waals surface area (Å²) < 4.78 is 1.99. The summed E-state index contributed by atoms with van der Waals surface area (Å²) in [5.41, 5.74) is 0.777. The number of hydrogen-bond acceptors (Lipinski definition) is 4. The molecule has 0 aliphatic heterocycles. The summed E-state index contributed by atoms with van der Waals surface area (Å²) in [5.74, 6) is 1.42. The molecule has 0 saturated carbocycles. The van der Waals surface area contributed by atoms with E-state index in [0.717, 1.165) is 11.5 Å². The van der Waals surface area contributed by atoms with E-state index in [0.29, 0.717) is 11.9 Å². The fraction of sp³-hybridized carbons (Fsp3) is 0.385. The van der Waals surface area contributed by atoms with Gasteiger partial charge in [-0.1, -0.05) is 6.07 Å². The van der Waals surface area contributed by atoms with Gasteiger partial charge in [0.1, 0.15) is 12.0 Å². The summed E-state index contributed by atoms with van der Waals surface area (Å²) in [6, 6.07) is 5.99. The second-order valence-corrected chi connectivity index (χ2v) is 4.74. The molecule has 6 nitrogen and oxygen atoms in total. The predicted molar refractivity (Wildman–Crippen MR) is 75.5 cm³/mol. The molecule has 100 valence electrons. The van der Waals surface area contributed by atoms with Gasteiger partial charge in [0.05, 0.1) is 6.34 Å². The van der Waals surface area contributed by atoms with Crippen LogP contribution in [0, 0.1) is 0 Å². The van der Waals surface area contributed by atoms with E-state index in [1.165, 1.54) is 0 Å². The Bertz CT molecular complexity index is 570. The fourth-order valence-corrected chi connectivity index (χ4v) is 1.60. The maximum Gasteiger partial charge on any atom is 0.182 e. The van der Waals surface area contributed by atoms with Crippen molar-refractivity contribution >= 4 is 12.2 Å². The van der Waals surface area contributed by atoms with Crippen LogP contribution in [0.15, 0.2) is 29.5 Å². The van der Waals surface area contributed by atoms with Crippen LogP contribution in [0.4, 0.5) is 5.82 Å². The van der Waals surface area contributed by atoms with E-state index in [4.69, 9.17) is 0 Å². The van der Waals surface area contributed by atoms with Gasteiger partial charge in [0.2, 0.25) is 0 Å². The predicted octanol–water partition coefficient (Wildman–Crippen LogP) is 2.14. The summed E-state index contributed by atoms with van der Waals surface area (Å²) in [6.07, 6.45) is 3.44. The monoisotopic (exact) mass is 258 g/mol. The first-order valence-electron chi connectivity index (χ1n) is 6.15. The third-order valence-corrected chi connectivity index (χ3v) is 2.51. The maximum absolute atomic E-state index is 4.48. The lowest BCUT2D eigenvalue weighted by Gasteiger charge is -2.09. The zero-order valence-electron chi connectivity index (χ0n) is 11.6. The standard InChI is InChI=1S/C13H18N6/c1-10(2)19-9-15-17-13(19)11-6-5-7-12(16-11)14-8-18(3)4/h5-10H,1-4H3/b14-8+. The van der Waals surface area contributed by atoms with Gasteiger partial charge in [0, 0.05) is 20.1 Å². The van der Waals surface area contributed by atoms with Crippen molar-refractivity contribution in [2.75, 3.05) is 14.1 Å². The zero-order chi connectivity index (χ0) is 13.8. The molecule has 0 amide bonds. The molecule has 2 aromatic rings. The van der Waals surface area contributed by atoms with Crippen LogP contribution in [-0.4, -0.2) is 45.1 Å². The molecule has 0 bridgehead atoms. The molecule has 0 N–H and O–H groups in total. The van der Waals surface area contributed by atoms with E-state index in [9.17, 15) is 0 Å². The average Bonchev–Trinajstić information content (AvgIpc) is 2.86. The molecule has 0 radical (unpaired) electrons. The molecule has 0 atom stereocenters. The Hall–Kier alpha value is -2.24. The number of hydrogen-bond donors (Lipinski definition) is 0. The second kappa shape index (κ2) is 5.60. The lowest BCUT2D eigenvalue weighted by molar-refractivity contribution is 0.603. The van der Waals surface area contributed by atoms with E-state index in [1.54, 1.807) is 12.7 Å². The molecule has 0 aliphatic carbocycles. The van der Waals surface area contributed by atoms with Crippen LogP contribution >= 0.6 is 0 Å². The van der Waals surface area contributed by atoms with E-state index in [1.807, 2.05) is 41.8 Å². The van der Waals surface area contributed by atoms with Crippen molar-refractivity contribution < 1.29 is 0 Å². The molecule has 2 rings (SSSR count). The van der Waals surface area contributed by atoms with Crippen LogP contribution in [-0.2, 0) is 0 Å². The van der Waals surface area contributed by atoms with Crippen molar-refractivity contribution in [2.24, 2.45) is 4.99 Å². The van der Waals surface area contributed by atoms with Gasteiger partial charge in [0.15, 0.2) is 11.6 Å². The number of nitrogens with zero attached hydrogens (tertiary/aromatic N) is 6. The molecule has 0 aromatic carbocycles. The van der Waals surface area contributed by atoms with Gasteiger partial charge in [-0.3, -0.25) is 0 Å². The van der Waals surface area contributed by atoms with E-state index in [2.05, 4.69) is 34.0 Å². The third-order valence-electron chi connectivity index (χ3n) is 2.51. The Morgan fingerprint density at radius 2 is 2.11 bits per heavy atom. The molecule has 6 heteroatoms. The molecule has 19 heavy (non-hydrogen) atoms. The Balaban J connectivity index is 2.35. The number of aliphatic imine (C=N–C) groups is 1. The minimum absolute atomic E-state index is 0.292. The first kappa shape index (κ1) is 13.2. The summed E-state index contributed by atoms with van der Waals surface area (Å²) >= 11 is 0. The molecule has 2 heterocycles. The van der Waals surface area contributed by atoms with Crippen molar-refractivity contribution in [2.45, 2.75) is 19.9 Å². The summed E-state index contributed by atoms with van der Waals surface area (Å²) in [5, 5.41) is 8.08. The molecular formula is C13H18N6. The molecule has 2 aromatic heterocycles. The summed E-state index contributed by atoms with van der Waals surface area (Å²) in [4.78, 5) is 10.6. The van der Waals surface area contributed by atoms with Crippen LogP contribution < -0.4 is 0 Å². The number of aromatic nitrogens is 4. The minimum Gasteiger partial charge on any atom is -0.369 e. The topological polar surface area (TPSA) is 59.2 Å². The highest BCUT2D eigenvalue weighted by Gasteiger charge is 2.11. The SMILES string of the molecule is CC(C)n1cnnc1-c1cccc(/N=C/N(C)C)n1. The van der Waals surface area contributed by atoms with Crippen molar-refractivity contribution in [1.29, 1.82) is 0 Å². The number of pyridine rings is 1. The fourth-order valence-electron chi connectivity index (χ4n) is 1.60. The number of rotatable bonds is 4. The van der Waals surface area contributed by atoms with Gasteiger partial charge in [0.25, 0.3) is 0 Å². The third kappa shape index (κ3) is 3.15. The Morgan fingerprint density at radius 1 is 1.32 bits per heavy atom. The highest BCUT2D eigenvalue weighted by molar-refractivity contribution is 5.60. The molecule has 0 unspecified atom stereocenters. The second-order valence-electron chi connectivity index (χ2n) is 4.74. The zero-order valence-corrected chi connectivity index (χ0v) is 11.6. The van der Waals surface area contributed by atoms with Crippen molar-refractivity contribution in [3.05, 3.63) is 24.5 Å². The van der Waals surface area contributed by atoms with Gasteiger partial charge in [-0.15, -0.1) is 10.2 Å². The van der Waals surface area contributed by atoms with Crippen molar-refractivity contribution in [1.82, 2.24) is 24.6 Å².